The van der Waals surface area contributed by atoms with E-state index in [9.17, 15) is 0 Å². The summed E-state index contributed by atoms with van der Waals surface area (Å²) in [5.74, 6) is 1.79. The molecule has 0 bridgehead atoms. The molecule has 1 aromatic rings. The van der Waals surface area contributed by atoms with E-state index < -0.39 is 0 Å². The molecule has 0 amide bonds. The minimum atomic E-state index is 0.445. The van der Waals surface area contributed by atoms with Crippen LogP contribution in [0, 0.1) is 0 Å². The van der Waals surface area contributed by atoms with Gasteiger partial charge < -0.3 is 14.2 Å². The van der Waals surface area contributed by atoms with Crippen LogP contribution in [0.5, 0.6) is 17.2 Å². The number of hydrogen-bond acceptors (Lipinski definition) is 5. The molecule has 0 spiro atoms. The number of benzene rings is 1. The quantitative estimate of drug-likeness (QED) is 0.584. The van der Waals surface area contributed by atoms with Gasteiger partial charge in [0, 0.05) is 0 Å². The number of isothiocyanates is 1. The van der Waals surface area contributed by atoms with E-state index in [2.05, 4.69) is 22.4 Å². The smallest absolute Gasteiger partial charge is 0.203 e. The molecule has 86 valence electrons. The van der Waals surface area contributed by atoms with Gasteiger partial charge in [-0.05, 0) is 29.9 Å². The van der Waals surface area contributed by atoms with E-state index in [1.54, 1.807) is 21.3 Å². The van der Waals surface area contributed by atoms with Crippen molar-refractivity contribution in [3.8, 4) is 17.2 Å². The van der Waals surface area contributed by atoms with Gasteiger partial charge in [0.2, 0.25) is 5.75 Å². The van der Waals surface area contributed by atoms with E-state index in [-0.39, 0.29) is 0 Å². The number of rotatable bonds is 5. The number of nitrogens with zero attached hydrogens (tertiary/aromatic N) is 1. The molecule has 0 saturated heterocycles. The Hall–Kier alpha value is -1.58. The maximum atomic E-state index is 5.21. The molecule has 0 aliphatic heterocycles. The first kappa shape index (κ1) is 12.5. The summed E-state index contributed by atoms with van der Waals surface area (Å²) in [6.45, 7) is 0.445. The van der Waals surface area contributed by atoms with Crippen LogP contribution in [-0.4, -0.2) is 26.5 Å². The van der Waals surface area contributed by atoms with E-state index >= 15 is 0 Å². The van der Waals surface area contributed by atoms with Crippen LogP contribution < -0.4 is 14.2 Å². The molecular formula is C11H13NO3S. The van der Waals surface area contributed by atoms with Crippen molar-refractivity contribution < 1.29 is 14.2 Å². The standard InChI is InChI=1S/C11H13NO3S/c1-13-9-4-8(6-12-7-16)5-10(14-2)11(9)15-3/h4-5H,6H2,1-3H3. The Kier molecular flexibility index (Phi) is 4.76. The molecule has 0 radical (unpaired) electrons. The molecule has 1 aromatic carbocycles. The van der Waals surface area contributed by atoms with Crippen molar-refractivity contribution in [1.29, 1.82) is 0 Å². The highest BCUT2D eigenvalue weighted by molar-refractivity contribution is 7.78. The molecule has 0 saturated carbocycles. The molecule has 0 aliphatic rings. The zero-order chi connectivity index (χ0) is 12.0. The van der Waals surface area contributed by atoms with Gasteiger partial charge in [-0.3, -0.25) is 0 Å². The van der Waals surface area contributed by atoms with E-state index in [0.717, 1.165) is 5.56 Å². The van der Waals surface area contributed by atoms with Crippen LogP contribution in [-0.2, 0) is 6.54 Å². The second-order valence-corrected chi connectivity index (χ2v) is 3.12. The summed E-state index contributed by atoms with van der Waals surface area (Å²) in [5, 5.41) is 2.32. The Balaban J connectivity index is 3.19. The van der Waals surface area contributed by atoms with Crippen LogP contribution in [0.1, 0.15) is 5.56 Å². The largest absolute Gasteiger partial charge is 0.493 e. The van der Waals surface area contributed by atoms with Crippen LogP contribution in [0.3, 0.4) is 0 Å². The lowest BCUT2D eigenvalue weighted by Crippen LogP contribution is -1.96. The minimum absolute atomic E-state index is 0.445. The predicted molar refractivity (Wildman–Crippen MR) is 64.8 cm³/mol. The molecule has 16 heavy (non-hydrogen) atoms. The first-order chi connectivity index (χ1) is 7.76. The lowest BCUT2D eigenvalue weighted by molar-refractivity contribution is 0.324. The SMILES string of the molecule is COc1cc(CN=C=S)cc(OC)c1OC. The molecule has 0 aromatic heterocycles. The van der Waals surface area contributed by atoms with Crippen molar-refractivity contribution in [2.75, 3.05) is 21.3 Å². The van der Waals surface area contributed by atoms with E-state index in [4.69, 9.17) is 14.2 Å². The Morgan fingerprint density at radius 2 is 1.69 bits per heavy atom. The highest BCUT2D eigenvalue weighted by Gasteiger charge is 2.12. The van der Waals surface area contributed by atoms with Gasteiger partial charge in [-0.2, -0.15) is 0 Å². The number of thiocarbonyl (C=S) groups is 1. The normalized spacial score (nSPS) is 9.19. The fourth-order valence-electron chi connectivity index (χ4n) is 1.35. The highest BCUT2D eigenvalue weighted by Crippen LogP contribution is 2.38. The van der Waals surface area contributed by atoms with Gasteiger partial charge in [-0.1, -0.05) is 0 Å². The van der Waals surface area contributed by atoms with Gasteiger partial charge in [-0.25, -0.2) is 4.99 Å². The van der Waals surface area contributed by atoms with Crippen molar-refractivity contribution in [3.05, 3.63) is 17.7 Å². The molecule has 1 rings (SSSR count). The van der Waals surface area contributed by atoms with Gasteiger partial charge in [-0.15, -0.1) is 0 Å². The molecule has 0 fully saturated rings. The van der Waals surface area contributed by atoms with Crippen molar-refractivity contribution in [2.45, 2.75) is 6.54 Å². The Bertz CT molecular complexity index is 389. The lowest BCUT2D eigenvalue weighted by atomic mass is 10.2. The first-order valence-corrected chi connectivity index (χ1v) is 5.00. The topological polar surface area (TPSA) is 40.0 Å². The third-order valence-corrected chi connectivity index (χ3v) is 2.18. The zero-order valence-corrected chi connectivity index (χ0v) is 10.3. The van der Waals surface area contributed by atoms with Gasteiger partial charge in [0.05, 0.1) is 33.0 Å². The van der Waals surface area contributed by atoms with E-state index in [1.807, 2.05) is 12.1 Å². The maximum Gasteiger partial charge on any atom is 0.203 e. The van der Waals surface area contributed by atoms with E-state index in [1.165, 1.54) is 0 Å². The summed E-state index contributed by atoms with van der Waals surface area (Å²) in [5.41, 5.74) is 0.923. The van der Waals surface area contributed by atoms with E-state index in [0.29, 0.717) is 23.8 Å². The van der Waals surface area contributed by atoms with Crippen molar-refractivity contribution in [3.63, 3.8) is 0 Å². The molecule has 0 aliphatic carbocycles. The maximum absolute atomic E-state index is 5.21. The lowest BCUT2D eigenvalue weighted by Gasteiger charge is -2.13. The monoisotopic (exact) mass is 239 g/mol. The predicted octanol–water partition coefficient (Wildman–Crippen LogP) is 2.32. The van der Waals surface area contributed by atoms with Crippen LogP contribution in [0.2, 0.25) is 0 Å². The summed E-state index contributed by atoms with van der Waals surface area (Å²) in [7, 11) is 4.71. The summed E-state index contributed by atoms with van der Waals surface area (Å²) in [4.78, 5) is 3.86. The van der Waals surface area contributed by atoms with Crippen molar-refractivity contribution in [2.24, 2.45) is 4.99 Å². The molecule has 0 atom stereocenters. The summed E-state index contributed by atoms with van der Waals surface area (Å²) < 4.78 is 15.6. The summed E-state index contributed by atoms with van der Waals surface area (Å²) in [6.07, 6.45) is 0. The Morgan fingerprint density at radius 1 is 1.12 bits per heavy atom. The van der Waals surface area contributed by atoms with Gasteiger partial charge >= 0.3 is 0 Å². The van der Waals surface area contributed by atoms with Crippen LogP contribution >= 0.6 is 12.2 Å². The minimum Gasteiger partial charge on any atom is -0.493 e. The number of aliphatic imine (C=N–C) groups is 1. The van der Waals surface area contributed by atoms with Gasteiger partial charge in [0.15, 0.2) is 11.5 Å². The molecule has 5 heteroatoms. The molecule has 0 N–H and O–H groups in total. The Labute approximate surface area is 99.9 Å². The van der Waals surface area contributed by atoms with Crippen LogP contribution in [0.15, 0.2) is 17.1 Å². The zero-order valence-electron chi connectivity index (χ0n) is 9.44. The average molecular weight is 239 g/mol. The second-order valence-electron chi connectivity index (χ2n) is 2.94. The van der Waals surface area contributed by atoms with Crippen molar-refractivity contribution >= 4 is 17.4 Å². The third kappa shape index (κ3) is 2.72. The van der Waals surface area contributed by atoms with Crippen LogP contribution in [0.4, 0.5) is 0 Å². The summed E-state index contributed by atoms with van der Waals surface area (Å²) >= 11 is 4.52. The fourth-order valence-corrected chi connectivity index (χ4v) is 1.41. The summed E-state index contributed by atoms with van der Waals surface area (Å²) in [6, 6.07) is 3.66. The number of hydrogen-bond donors (Lipinski definition) is 0. The molecule has 4 nitrogen and oxygen atoms in total. The van der Waals surface area contributed by atoms with Crippen molar-refractivity contribution in [1.82, 2.24) is 0 Å². The second kappa shape index (κ2) is 6.10. The fraction of sp³-hybridized carbons (Fsp3) is 0.364. The first-order valence-electron chi connectivity index (χ1n) is 4.59. The number of methoxy groups -OCH3 is 3. The van der Waals surface area contributed by atoms with Crippen LogP contribution in [0.25, 0.3) is 0 Å². The highest BCUT2D eigenvalue weighted by atomic mass is 32.1. The molecule has 0 unspecified atom stereocenters. The Morgan fingerprint density at radius 3 is 2.06 bits per heavy atom. The molecule has 0 heterocycles. The van der Waals surface area contributed by atoms with Gasteiger partial charge in [0.25, 0.3) is 0 Å². The average Bonchev–Trinajstić information content (AvgIpc) is 2.34. The van der Waals surface area contributed by atoms with Gasteiger partial charge in [0.1, 0.15) is 0 Å². The number of ether oxygens (including phenoxy) is 3. The molecular weight excluding hydrogens is 226 g/mol. The third-order valence-electron chi connectivity index (χ3n) is 2.05.